The molecule has 2 N–H and O–H groups in total. The van der Waals surface area contributed by atoms with Crippen molar-refractivity contribution in [3.8, 4) is 11.5 Å². The second-order valence-electron chi connectivity index (χ2n) is 6.13. The number of pyridine rings is 2. The average Bonchev–Trinajstić information content (AvgIpc) is 3.08. The third-order valence-corrected chi connectivity index (χ3v) is 4.40. The van der Waals surface area contributed by atoms with Crippen LogP contribution in [0.2, 0.25) is 0 Å². The number of hydrogen-bond donors (Lipinski definition) is 2. The van der Waals surface area contributed by atoms with E-state index in [9.17, 15) is 4.21 Å². The van der Waals surface area contributed by atoms with Gasteiger partial charge in [-0.25, -0.2) is 9.19 Å². The molecule has 1 atom stereocenters. The molecule has 0 aliphatic heterocycles. The highest BCUT2D eigenvalue weighted by Crippen LogP contribution is 2.26. The number of aromatic nitrogens is 3. The Morgan fingerprint density at radius 1 is 1.04 bits per heavy atom. The zero-order valence-electron chi connectivity index (χ0n) is 14.5. The van der Waals surface area contributed by atoms with Crippen molar-refractivity contribution >= 4 is 43.7 Å². The summed E-state index contributed by atoms with van der Waals surface area (Å²) in [6, 6.07) is 11.5. The highest BCUT2D eigenvalue weighted by atomic mass is 32.2. The van der Waals surface area contributed by atoms with Gasteiger partial charge in [0, 0.05) is 51.3 Å². The average molecular weight is 379 g/mol. The van der Waals surface area contributed by atoms with Gasteiger partial charge in [-0.1, -0.05) is 6.07 Å². The van der Waals surface area contributed by atoms with Gasteiger partial charge < -0.3 is 14.5 Å². The van der Waals surface area contributed by atoms with Gasteiger partial charge in [-0.2, -0.15) is 0 Å². The Hall–Kier alpha value is -3.39. The fourth-order valence-electron chi connectivity index (χ4n) is 2.60. The number of nitrogens with zero attached hydrogens (tertiary/aromatic N) is 3. The first-order chi connectivity index (χ1) is 13.0. The van der Waals surface area contributed by atoms with Crippen molar-refractivity contribution in [1.29, 1.82) is 0 Å². The molecule has 7 nitrogen and oxygen atoms in total. The lowest BCUT2D eigenvalue weighted by Crippen LogP contribution is -2.09. The zero-order chi connectivity index (χ0) is 18.9. The molecule has 0 fully saturated rings. The van der Waals surface area contributed by atoms with E-state index in [4.69, 9.17) is 4.42 Å². The molecular formula is C19H17N5O2S. The Balaban J connectivity index is 1.56. The normalized spacial score (nSPS) is 13.2. The quantitative estimate of drug-likeness (QED) is 0.514. The van der Waals surface area contributed by atoms with Gasteiger partial charge in [0.05, 0.1) is 6.20 Å². The van der Waals surface area contributed by atoms with Crippen LogP contribution in [0.25, 0.3) is 22.2 Å². The molecule has 3 heterocycles. The van der Waals surface area contributed by atoms with Gasteiger partial charge in [-0.05, 0) is 41.6 Å². The standard InChI is InChI=1S/C19H17N5O2S/c1-27(2,25)24-16-5-3-4-15(9-16)23-19-22-12-18(26-19)17-8-13-6-7-20-10-14(13)11-21-17/h3-12H,1H2,2H3,(H,22,23)(H,24,25). The zero-order valence-corrected chi connectivity index (χ0v) is 15.4. The SMILES string of the molecule is C=S(C)(=O)Nc1cccc(Nc2ncc(-c3cc4ccncc4cn3)o2)c1. The van der Waals surface area contributed by atoms with Crippen molar-refractivity contribution in [2.24, 2.45) is 0 Å². The van der Waals surface area contributed by atoms with E-state index in [1.165, 1.54) is 0 Å². The van der Waals surface area contributed by atoms with Crippen LogP contribution in [0.4, 0.5) is 17.4 Å². The predicted octanol–water partition coefficient (Wildman–Crippen LogP) is 3.70. The molecule has 0 bridgehead atoms. The molecule has 1 unspecified atom stereocenters. The molecule has 27 heavy (non-hydrogen) atoms. The molecule has 4 rings (SSSR count). The van der Waals surface area contributed by atoms with E-state index in [0.717, 1.165) is 16.5 Å². The van der Waals surface area contributed by atoms with Crippen molar-refractivity contribution in [2.45, 2.75) is 0 Å². The summed E-state index contributed by atoms with van der Waals surface area (Å²) in [5.41, 5.74) is 2.13. The fraction of sp³-hybridized carbons (Fsp3) is 0.0526. The Morgan fingerprint density at radius 2 is 1.89 bits per heavy atom. The molecule has 0 saturated carbocycles. The molecule has 8 heteroatoms. The first-order valence-corrected chi connectivity index (χ1v) is 10.2. The highest BCUT2D eigenvalue weighted by molar-refractivity contribution is 8.00. The van der Waals surface area contributed by atoms with Crippen LogP contribution < -0.4 is 10.0 Å². The summed E-state index contributed by atoms with van der Waals surface area (Å²) in [6.45, 7) is 0. The number of fused-ring (bicyclic) bond motifs is 1. The molecule has 0 amide bonds. The van der Waals surface area contributed by atoms with E-state index in [1.807, 2.05) is 30.3 Å². The maximum atomic E-state index is 11.8. The molecule has 4 aromatic rings. The van der Waals surface area contributed by atoms with Crippen molar-refractivity contribution in [1.82, 2.24) is 15.0 Å². The van der Waals surface area contributed by atoms with Crippen molar-refractivity contribution in [3.63, 3.8) is 0 Å². The van der Waals surface area contributed by atoms with Crippen LogP contribution in [-0.2, 0) is 9.71 Å². The van der Waals surface area contributed by atoms with E-state index in [1.54, 1.807) is 37.1 Å². The van der Waals surface area contributed by atoms with Gasteiger partial charge in [0.1, 0.15) is 5.69 Å². The lowest BCUT2D eigenvalue weighted by molar-refractivity contribution is 0.590. The Bertz CT molecular complexity index is 1220. The number of benzene rings is 1. The largest absolute Gasteiger partial charge is 0.422 e. The van der Waals surface area contributed by atoms with Crippen LogP contribution in [0.3, 0.4) is 0 Å². The minimum absolute atomic E-state index is 0.339. The predicted molar refractivity (Wildman–Crippen MR) is 110 cm³/mol. The van der Waals surface area contributed by atoms with Gasteiger partial charge in [-0.15, -0.1) is 0 Å². The molecule has 0 radical (unpaired) electrons. The Labute approximate surface area is 156 Å². The molecule has 0 aliphatic rings. The smallest absolute Gasteiger partial charge is 0.299 e. The Morgan fingerprint density at radius 3 is 2.74 bits per heavy atom. The van der Waals surface area contributed by atoms with Gasteiger partial charge in [0.15, 0.2) is 5.76 Å². The van der Waals surface area contributed by atoms with Crippen LogP contribution in [0.5, 0.6) is 0 Å². The van der Waals surface area contributed by atoms with Gasteiger partial charge in [-0.3, -0.25) is 9.97 Å². The lowest BCUT2D eigenvalue weighted by Gasteiger charge is -2.09. The molecule has 0 saturated heterocycles. The van der Waals surface area contributed by atoms with Crippen LogP contribution in [0.15, 0.2) is 65.6 Å². The van der Waals surface area contributed by atoms with Crippen LogP contribution >= 0.6 is 0 Å². The second kappa shape index (κ2) is 6.73. The summed E-state index contributed by atoms with van der Waals surface area (Å²) in [5, 5.41) is 5.07. The number of rotatable bonds is 5. The summed E-state index contributed by atoms with van der Waals surface area (Å²) in [7, 11) is -2.35. The summed E-state index contributed by atoms with van der Waals surface area (Å²) < 4.78 is 20.4. The monoisotopic (exact) mass is 379 g/mol. The van der Waals surface area contributed by atoms with Crippen molar-refractivity contribution in [3.05, 3.63) is 61.2 Å². The Kier molecular flexibility index (Phi) is 4.25. The van der Waals surface area contributed by atoms with Crippen molar-refractivity contribution in [2.75, 3.05) is 16.3 Å². The summed E-state index contributed by atoms with van der Waals surface area (Å²) in [4.78, 5) is 12.7. The van der Waals surface area contributed by atoms with Gasteiger partial charge in [0.2, 0.25) is 0 Å². The fourth-order valence-corrected chi connectivity index (χ4v) is 3.22. The van der Waals surface area contributed by atoms with Crippen LogP contribution in [-0.4, -0.2) is 31.3 Å². The highest BCUT2D eigenvalue weighted by Gasteiger charge is 2.09. The number of hydrogen-bond acceptors (Lipinski definition) is 6. The van der Waals surface area contributed by atoms with Gasteiger partial charge in [0.25, 0.3) is 6.01 Å². The van der Waals surface area contributed by atoms with E-state index in [2.05, 4.69) is 30.9 Å². The summed E-state index contributed by atoms with van der Waals surface area (Å²) >= 11 is 0. The third-order valence-electron chi connectivity index (χ3n) is 3.73. The van der Waals surface area contributed by atoms with Crippen LogP contribution in [0, 0.1) is 0 Å². The molecule has 136 valence electrons. The van der Waals surface area contributed by atoms with Gasteiger partial charge >= 0.3 is 0 Å². The molecular weight excluding hydrogens is 362 g/mol. The maximum Gasteiger partial charge on any atom is 0.299 e. The maximum absolute atomic E-state index is 11.8. The van der Waals surface area contributed by atoms with Crippen LogP contribution in [0.1, 0.15) is 0 Å². The van der Waals surface area contributed by atoms with Crippen molar-refractivity contribution < 1.29 is 8.63 Å². The number of anilines is 3. The first-order valence-electron chi connectivity index (χ1n) is 8.09. The molecule has 1 aromatic carbocycles. The summed E-state index contributed by atoms with van der Waals surface area (Å²) in [5.74, 6) is 4.15. The molecule has 0 aliphatic carbocycles. The lowest BCUT2D eigenvalue weighted by atomic mass is 10.2. The van der Waals surface area contributed by atoms with E-state index >= 15 is 0 Å². The minimum atomic E-state index is -2.35. The number of oxazole rings is 1. The van der Waals surface area contributed by atoms with E-state index < -0.39 is 9.71 Å². The number of nitrogens with one attached hydrogen (secondary N) is 2. The first kappa shape index (κ1) is 17.0. The molecule has 0 spiro atoms. The second-order valence-corrected chi connectivity index (χ2v) is 8.35. The summed E-state index contributed by atoms with van der Waals surface area (Å²) in [6.07, 6.45) is 8.42. The minimum Gasteiger partial charge on any atom is -0.422 e. The van der Waals surface area contributed by atoms with E-state index in [0.29, 0.717) is 23.2 Å². The van der Waals surface area contributed by atoms with E-state index in [-0.39, 0.29) is 0 Å². The third kappa shape index (κ3) is 4.06. The topological polar surface area (TPSA) is 92.9 Å². The molecule has 3 aromatic heterocycles.